The van der Waals surface area contributed by atoms with E-state index in [2.05, 4.69) is 20.9 Å². The molecule has 3 heteroatoms. The maximum atomic E-state index is 9.82. The lowest BCUT2D eigenvalue weighted by Crippen LogP contribution is -2.25. The molecule has 1 heterocycles. The molecule has 1 atom stereocenters. The highest BCUT2D eigenvalue weighted by molar-refractivity contribution is 9.10. The Labute approximate surface area is 87.1 Å². The Morgan fingerprint density at radius 3 is 2.77 bits per heavy atom. The van der Waals surface area contributed by atoms with Crippen molar-refractivity contribution in [3.8, 4) is 0 Å². The molecular formula is C10H14BrNO. The van der Waals surface area contributed by atoms with Gasteiger partial charge in [-0.05, 0) is 40.9 Å². The van der Waals surface area contributed by atoms with Crippen molar-refractivity contribution < 1.29 is 5.11 Å². The summed E-state index contributed by atoms with van der Waals surface area (Å²) in [6, 6.07) is 1.98. The van der Waals surface area contributed by atoms with Crippen molar-refractivity contribution in [3.05, 3.63) is 28.5 Å². The third-order valence-electron chi connectivity index (χ3n) is 2.11. The predicted octanol–water partition coefficient (Wildman–Crippen LogP) is 2.55. The largest absolute Gasteiger partial charge is 0.390 e. The second kappa shape index (κ2) is 4.20. The van der Waals surface area contributed by atoms with Crippen LogP contribution in [0.2, 0.25) is 0 Å². The summed E-state index contributed by atoms with van der Waals surface area (Å²) in [5.74, 6) is 0. The fraction of sp³-hybridized carbons (Fsp3) is 0.500. The standard InChI is InChI=1S/C10H14BrNO/c1-3-10(2,13)5-8-4-9(11)7-12-6-8/h4,6-7,13H,3,5H2,1-2H3. The molecule has 0 bridgehead atoms. The van der Waals surface area contributed by atoms with E-state index < -0.39 is 5.60 Å². The van der Waals surface area contributed by atoms with Gasteiger partial charge in [-0.1, -0.05) is 6.92 Å². The smallest absolute Gasteiger partial charge is 0.0657 e. The van der Waals surface area contributed by atoms with Crippen LogP contribution in [0.5, 0.6) is 0 Å². The van der Waals surface area contributed by atoms with Gasteiger partial charge in [-0.3, -0.25) is 4.98 Å². The Morgan fingerprint density at radius 2 is 2.23 bits per heavy atom. The van der Waals surface area contributed by atoms with Crippen LogP contribution in [-0.4, -0.2) is 15.7 Å². The number of aromatic nitrogens is 1. The summed E-state index contributed by atoms with van der Waals surface area (Å²) < 4.78 is 0.955. The Morgan fingerprint density at radius 1 is 1.54 bits per heavy atom. The van der Waals surface area contributed by atoms with E-state index in [4.69, 9.17) is 0 Å². The van der Waals surface area contributed by atoms with Crippen LogP contribution in [0.15, 0.2) is 22.9 Å². The van der Waals surface area contributed by atoms with Gasteiger partial charge < -0.3 is 5.11 Å². The molecule has 0 radical (unpaired) electrons. The fourth-order valence-corrected chi connectivity index (χ4v) is 1.53. The van der Waals surface area contributed by atoms with Gasteiger partial charge in [0, 0.05) is 23.3 Å². The van der Waals surface area contributed by atoms with Crippen LogP contribution in [-0.2, 0) is 6.42 Å². The van der Waals surface area contributed by atoms with E-state index in [0.717, 1.165) is 16.5 Å². The van der Waals surface area contributed by atoms with Gasteiger partial charge in [0.1, 0.15) is 0 Å². The summed E-state index contributed by atoms with van der Waals surface area (Å²) >= 11 is 3.35. The minimum Gasteiger partial charge on any atom is -0.390 e. The predicted molar refractivity (Wildman–Crippen MR) is 56.6 cm³/mol. The molecule has 0 aliphatic rings. The van der Waals surface area contributed by atoms with Gasteiger partial charge in [-0.25, -0.2) is 0 Å². The van der Waals surface area contributed by atoms with Crippen molar-refractivity contribution >= 4 is 15.9 Å². The minimum atomic E-state index is -0.623. The van der Waals surface area contributed by atoms with Gasteiger partial charge in [0.25, 0.3) is 0 Å². The SMILES string of the molecule is CCC(C)(O)Cc1cncc(Br)c1. The van der Waals surface area contributed by atoms with E-state index in [1.165, 1.54) is 0 Å². The molecule has 1 N–H and O–H groups in total. The normalized spacial score (nSPS) is 15.4. The highest BCUT2D eigenvalue weighted by Crippen LogP contribution is 2.18. The highest BCUT2D eigenvalue weighted by atomic mass is 79.9. The number of hydrogen-bond acceptors (Lipinski definition) is 2. The first-order chi connectivity index (χ1) is 6.03. The zero-order chi connectivity index (χ0) is 9.90. The summed E-state index contributed by atoms with van der Waals surface area (Å²) in [5.41, 5.74) is 0.434. The van der Waals surface area contributed by atoms with E-state index in [1.54, 1.807) is 12.4 Å². The first-order valence-electron chi connectivity index (χ1n) is 4.35. The molecule has 2 nitrogen and oxygen atoms in total. The zero-order valence-electron chi connectivity index (χ0n) is 7.92. The Balaban J connectivity index is 2.74. The molecule has 1 unspecified atom stereocenters. The van der Waals surface area contributed by atoms with Crippen LogP contribution in [0.3, 0.4) is 0 Å². The topological polar surface area (TPSA) is 33.1 Å². The Bertz CT molecular complexity index is 286. The molecule has 0 aromatic carbocycles. The van der Waals surface area contributed by atoms with Gasteiger partial charge in [0.2, 0.25) is 0 Å². The molecule has 0 aliphatic carbocycles. The minimum absolute atomic E-state index is 0.623. The summed E-state index contributed by atoms with van der Waals surface area (Å²) in [5, 5.41) is 9.82. The van der Waals surface area contributed by atoms with Crippen LogP contribution >= 0.6 is 15.9 Å². The average Bonchev–Trinajstić information content (AvgIpc) is 2.03. The molecule has 72 valence electrons. The zero-order valence-corrected chi connectivity index (χ0v) is 9.50. The number of nitrogens with zero attached hydrogens (tertiary/aromatic N) is 1. The Kier molecular flexibility index (Phi) is 3.45. The van der Waals surface area contributed by atoms with Crippen LogP contribution in [0, 0.1) is 0 Å². The van der Waals surface area contributed by atoms with E-state index >= 15 is 0 Å². The second-order valence-electron chi connectivity index (χ2n) is 3.54. The van der Waals surface area contributed by atoms with Crippen molar-refractivity contribution in [3.63, 3.8) is 0 Å². The summed E-state index contributed by atoms with van der Waals surface area (Å²) in [7, 11) is 0. The monoisotopic (exact) mass is 243 g/mol. The average molecular weight is 244 g/mol. The van der Waals surface area contributed by atoms with Crippen molar-refractivity contribution in [1.82, 2.24) is 4.98 Å². The molecule has 0 saturated heterocycles. The van der Waals surface area contributed by atoms with Crippen molar-refractivity contribution in [2.45, 2.75) is 32.3 Å². The van der Waals surface area contributed by atoms with Crippen molar-refractivity contribution in [1.29, 1.82) is 0 Å². The number of rotatable bonds is 3. The lowest BCUT2D eigenvalue weighted by molar-refractivity contribution is 0.0563. The molecule has 0 saturated carbocycles. The summed E-state index contributed by atoms with van der Waals surface area (Å²) in [6.45, 7) is 3.82. The van der Waals surface area contributed by atoms with Crippen molar-refractivity contribution in [2.24, 2.45) is 0 Å². The van der Waals surface area contributed by atoms with Gasteiger partial charge >= 0.3 is 0 Å². The number of hydrogen-bond donors (Lipinski definition) is 1. The number of pyridine rings is 1. The third-order valence-corrected chi connectivity index (χ3v) is 2.54. The molecule has 13 heavy (non-hydrogen) atoms. The van der Waals surface area contributed by atoms with Crippen molar-refractivity contribution in [2.75, 3.05) is 0 Å². The van der Waals surface area contributed by atoms with Gasteiger partial charge in [0.05, 0.1) is 5.60 Å². The maximum Gasteiger partial charge on any atom is 0.0657 e. The van der Waals surface area contributed by atoms with Crippen LogP contribution in [0.25, 0.3) is 0 Å². The first-order valence-corrected chi connectivity index (χ1v) is 5.14. The lowest BCUT2D eigenvalue weighted by Gasteiger charge is -2.20. The summed E-state index contributed by atoms with van der Waals surface area (Å²) in [6.07, 6.45) is 4.93. The second-order valence-corrected chi connectivity index (χ2v) is 4.45. The molecule has 0 spiro atoms. The Hall–Kier alpha value is -0.410. The molecule has 1 rings (SSSR count). The van der Waals surface area contributed by atoms with E-state index in [9.17, 15) is 5.11 Å². The van der Waals surface area contributed by atoms with E-state index in [0.29, 0.717) is 6.42 Å². The molecule has 1 aromatic heterocycles. The van der Waals surface area contributed by atoms with Crippen LogP contribution in [0.1, 0.15) is 25.8 Å². The molecule has 0 aliphatic heterocycles. The molecule has 1 aromatic rings. The number of aliphatic hydroxyl groups is 1. The van der Waals surface area contributed by atoms with Gasteiger partial charge in [-0.15, -0.1) is 0 Å². The van der Waals surface area contributed by atoms with E-state index in [1.807, 2.05) is 19.9 Å². The fourth-order valence-electron chi connectivity index (χ4n) is 1.12. The maximum absolute atomic E-state index is 9.82. The quantitative estimate of drug-likeness (QED) is 0.886. The molecular weight excluding hydrogens is 230 g/mol. The molecule has 0 fully saturated rings. The molecule has 0 amide bonds. The van der Waals surface area contributed by atoms with Crippen LogP contribution < -0.4 is 0 Å². The number of halogens is 1. The first kappa shape index (κ1) is 10.7. The van der Waals surface area contributed by atoms with Gasteiger partial charge in [-0.2, -0.15) is 0 Å². The third kappa shape index (κ3) is 3.44. The lowest BCUT2D eigenvalue weighted by atomic mass is 9.95. The summed E-state index contributed by atoms with van der Waals surface area (Å²) in [4.78, 5) is 4.04. The highest BCUT2D eigenvalue weighted by Gasteiger charge is 2.18. The van der Waals surface area contributed by atoms with Gasteiger partial charge in [0.15, 0.2) is 0 Å². The van der Waals surface area contributed by atoms with Crippen LogP contribution in [0.4, 0.5) is 0 Å². The van der Waals surface area contributed by atoms with E-state index in [-0.39, 0.29) is 0 Å².